The summed E-state index contributed by atoms with van der Waals surface area (Å²) in [5.41, 5.74) is 1.28. The highest BCUT2D eigenvalue weighted by atomic mass is 16.5. The Morgan fingerprint density at radius 3 is 2.85 bits per heavy atom. The molecule has 130 valence electrons. The molecule has 0 spiro atoms. The van der Waals surface area contributed by atoms with Crippen LogP contribution in [0.15, 0.2) is 52.3 Å². The van der Waals surface area contributed by atoms with E-state index >= 15 is 0 Å². The number of rotatable bonds is 4. The number of imidazole rings is 1. The van der Waals surface area contributed by atoms with Crippen LogP contribution >= 0.6 is 0 Å². The van der Waals surface area contributed by atoms with Gasteiger partial charge in [0.2, 0.25) is 5.82 Å². The molecule has 10 heteroatoms. The summed E-state index contributed by atoms with van der Waals surface area (Å²) in [4.78, 5) is 36.5. The van der Waals surface area contributed by atoms with E-state index in [9.17, 15) is 9.59 Å². The molecule has 0 amide bonds. The Labute approximate surface area is 145 Å². The summed E-state index contributed by atoms with van der Waals surface area (Å²) in [5.74, 6) is -0.691. The number of hydrogen-bond acceptors (Lipinski definition) is 8. The van der Waals surface area contributed by atoms with Crippen molar-refractivity contribution < 1.29 is 14.1 Å². The molecule has 0 fully saturated rings. The summed E-state index contributed by atoms with van der Waals surface area (Å²) < 4.78 is 12.5. The molecule has 0 aliphatic carbocycles. The highest BCUT2D eigenvalue weighted by Crippen LogP contribution is 2.15. The van der Waals surface area contributed by atoms with Gasteiger partial charge in [-0.15, -0.1) is 0 Å². The largest absolute Gasteiger partial charge is 0.465 e. The van der Waals surface area contributed by atoms with Gasteiger partial charge in [0.1, 0.15) is 5.56 Å². The van der Waals surface area contributed by atoms with Crippen LogP contribution in [0.3, 0.4) is 0 Å². The number of carbonyl (C=O) groups is 1. The number of fused-ring (bicyclic) bond motifs is 1. The van der Waals surface area contributed by atoms with Crippen molar-refractivity contribution in [2.75, 3.05) is 7.11 Å². The fraction of sp³-hybridized carbons (Fsp3) is 0.125. The number of hydrogen-bond donors (Lipinski definition) is 0. The van der Waals surface area contributed by atoms with Gasteiger partial charge in [-0.2, -0.15) is 0 Å². The summed E-state index contributed by atoms with van der Waals surface area (Å²) in [6.07, 6.45) is 6.53. The summed E-state index contributed by atoms with van der Waals surface area (Å²) >= 11 is 0. The van der Waals surface area contributed by atoms with E-state index < -0.39 is 11.7 Å². The molecule has 0 unspecified atom stereocenters. The van der Waals surface area contributed by atoms with E-state index in [1.165, 1.54) is 11.7 Å². The second kappa shape index (κ2) is 6.24. The highest BCUT2D eigenvalue weighted by molar-refractivity contribution is 5.95. The van der Waals surface area contributed by atoms with Crippen molar-refractivity contribution in [2.24, 2.45) is 0 Å². The average molecular weight is 352 g/mol. The molecule has 0 aliphatic rings. The predicted molar refractivity (Wildman–Crippen MR) is 87.4 cm³/mol. The van der Waals surface area contributed by atoms with Crippen LogP contribution in [0.1, 0.15) is 16.1 Å². The van der Waals surface area contributed by atoms with Gasteiger partial charge in [-0.1, -0.05) is 5.16 Å². The normalized spacial score (nSPS) is 11.0. The molecule has 0 atom stereocenters. The molecule has 0 saturated heterocycles. The maximum absolute atomic E-state index is 12.0. The lowest BCUT2D eigenvalue weighted by Gasteiger charge is -2.00. The lowest BCUT2D eigenvalue weighted by molar-refractivity contribution is 0.0602. The van der Waals surface area contributed by atoms with E-state index in [1.54, 1.807) is 47.4 Å². The van der Waals surface area contributed by atoms with E-state index in [2.05, 4.69) is 20.1 Å². The lowest BCUT2D eigenvalue weighted by atomic mass is 10.3. The number of nitrogens with zero attached hydrogens (tertiary/aromatic N) is 6. The van der Waals surface area contributed by atoms with Gasteiger partial charge in [0.25, 0.3) is 0 Å². The van der Waals surface area contributed by atoms with Crippen LogP contribution in [0.5, 0.6) is 0 Å². The molecule has 4 aromatic rings. The van der Waals surface area contributed by atoms with Crippen LogP contribution in [0.2, 0.25) is 0 Å². The number of pyridine rings is 1. The Bertz CT molecular complexity index is 1140. The summed E-state index contributed by atoms with van der Waals surface area (Å²) in [6, 6.07) is 4.98. The van der Waals surface area contributed by atoms with Gasteiger partial charge in [-0.25, -0.2) is 29.1 Å². The summed E-state index contributed by atoms with van der Waals surface area (Å²) in [5, 5.41) is 3.74. The third kappa shape index (κ3) is 2.62. The molecule has 10 nitrogen and oxygen atoms in total. The zero-order valence-electron chi connectivity index (χ0n) is 13.6. The Morgan fingerprint density at radius 2 is 2.08 bits per heavy atom. The Hall–Kier alpha value is -3.82. The minimum atomic E-state index is -0.655. The zero-order chi connectivity index (χ0) is 18.1. The number of aromatic nitrogens is 6. The molecule has 0 bridgehead atoms. The molecule has 4 rings (SSSR count). The van der Waals surface area contributed by atoms with E-state index in [4.69, 9.17) is 9.26 Å². The van der Waals surface area contributed by atoms with Gasteiger partial charge in [0.05, 0.1) is 19.3 Å². The van der Waals surface area contributed by atoms with Crippen LogP contribution in [0.25, 0.3) is 17.3 Å². The topological polar surface area (TPSA) is 117 Å². The molecule has 0 radical (unpaired) electrons. The smallest absolute Gasteiger partial charge is 0.442 e. The van der Waals surface area contributed by atoms with E-state index in [0.29, 0.717) is 16.9 Å². The summed E-state index contributed by atoms with van der Waals surface area (Å²) in [7, 11) is 1.30. The number of ether oxygens (including phenoxy) is 1. The minimum absolute atomic E-state index is 0.0816. The van der Waals surface area contributed by atoms with Crippen LogP contribution in [-0.2, 0) is 11.3 Å². The molecule has 0 N–H and O–H groups in total. The summed E-state index contributed by atoms with van der Waals surface area (Å²) in [6.45, 7) is 0.0816. The average Bonchev–Trinajstić information content (AvgIpc) is 3.25. The van der Waals surface area contributed by atoms with Crippen LogP contribution in [-0.4, -0.2) is 42.2 Å². The molecule has 4 heterocycles. The first-order valence-corrected chi connectivity index (χ1v) is 7.56. The van der Waals surface area contributed by atoms with Gasteiger partial charge < -0.3 is 9.14 Å². The van der Waals surface area contributed by atoms with E-state index in [1.807, 2.05) is 0 Å². The first-order valence-electron chi connectivity index (χ1n) is 7.56. The van der Waals surface area contributed by atoms with E-state index in [-0.39, 0.29) is 18.2 Å². The van der Waals surface area contributed by atoms with Gasteiger partial charge in [-0.05, 0) is 18.2 Å². The van der Waals surface area contributed by atoms with Crippen molar-refractivity contribution in [2.45, 2.75) is 6.54 Å². The molecular weight excluding hydrogens is 340 g/mol. The standard InChI is InChI=1S/C16H12N6O4/c1-25-15(23)11-4-2-7-21-8-10(19-13(11)21)9-22-14(20-26-16(22)24)12-17-5-3-6-18-12/h2-8H,9H2,1H3. The fourth-order valence-corrected chi connectivity index (χ4v) is 2.55. The molecule has 0 aliphatic heterocycles. The second-order valence-corrected chi connectivity index (χ2v) is 5.31. The number of esters is 1. The SMILES string of the molecule is COC(=O)c1cccn2cc(Cn3c(-c4ncccn4)noc3=O)nc12. The van der Waals surface area contributed by atoms with Crippen LogP contribution < -0.4 is 5.76 Å². The van der Waals surface area contributed by atoms with Crippen molar-refractivity contribution in [1.29, 1.82) is 0 Å². The fourth-order valence-electron chi connectivity index (χ4n) is 2.55. The Morgan fingerprint density at radius 1 is 1.27 bits per heavy atom. The second-order valence-electron chi connectivity index (χ2n) is 5.31. The molecule has 0 aromatic carbocycles. The zero-order valence-corrected chi connectivity index (χ0v) is 13.6. The minimum Gasteiger partial charge on any atom is -0.465 e. The first-order chi connectivity index (χ1) is 12.7. The first kappa shape index (κ1) is 15.7. The molecule has 26 heavy (non-hydrogen) atoms. The molecule has 4 aromatic heterocycles. The number of methoxy groups -OCH3 is 1. The van der Waals surface area contributed by atoms with Crippen LogP contribution in [0.4, 0.5) is 0 Å². The van der Waals surface area contributed by atoms with Crippen molar-refractivity contribution in [1.82, 2.24) is 29.1 Å². The number of carbonyl (C=O) groups excluding carboxylic acids is 1. The van der Waals surface area contributed by atoms with Gasteiger partial charge in [-0.3, -0.25) is 4.52 Å². The third-order valence-electron chi connectivity index (χ3n) is 3.71. The predicted octanol–water partition coefficient (Wildman–Crippen LogP) is 0.776. The van der Waals surface area contributed by atoms with Crippen molar-refractivity contribution >= 4 is 11.6 Å². The van der Waals surface area contributed by atoms with Crippen molar-refractivity contribution in [3.8, 4) is 11.6 Å². The molecular formula is C16H12N6O4. The highest BCUT2D eigenvalue weighted by Gasteiger charge is 2.18. The third-order valence-corrected chi connectivity index (χ3v) is 3.71. The Balaban J connectivity index is 1.76. The van der Waals surface area contributed by atoms with Crippen molar-refractivity contribution in [3.63, 3.8) is 0 Å². The monoisotopic (exact) mass is 352 g/mol. The van der Waals surface area contributed by atoms with Gasteiger partial charge in [0, 0.05) is 24.8 Å². The molecule has 0 saturated carbocycles. The Kier molecular flexibility index (Phi) is 3.77. The quantitative estimate of drug-likeness (QED) is 0.494. The van der Waals surface area contributed by atoms with E-state index in [0.717, 1.165) is 0 Å². The van der Waals surface area contributed by atoms with Gasteiger partial charge in [0.15, 0.2) is 11.5 Å². The maximum atomic E-state index is 12.0. The van der Waals surface area contributed by atoms with Crippen LogP contribution in [0, 0.1) is 0 Å². The maximum Gasteiger partial charge on any atom is 0.442 e. The lowest BCUT2D eigenvalue weighted by Crippen LogP contribution is -2.17. The van der Waals surface area contributed by atoms with Crippen molar-refractivity contribution in [3.05, 3.63) is 64.8 Å². The van der Waals surface area contributed by atoms with Gasteiger partial charge >= 0.3 is 11.7 Å².